The molecule has 2 heteroatoms. The summed E-state index contributed by atoms with van der Waals surface area (Å²) in [5.41, 5.74) is 0.443. The van der Waals surface area contributed by atoms with Gasteiger partial charge in [0.2, 0.25) is 0 Å². The normalized spacial score (nSPS) is 31.0. The second kappa shape index (κ2) is 7.97. The molecule has 1 N–H and O–H groups in total. The van der Waals surface area contributed by atoms with E-state index in [9.17, 15) is 0 Å². The van der Waals surface area contributed by atoms with Crippen molar-refractivity contribution in [1.29, 1.82) is 0 Å². The van der Waals surface area contributed by atoms with Crippen molar-refractivity contribution in [3.63, 3.8) is 0 Å². The van der Waals surface area contributed by atoms with Crippen LogP contribution in [0.2, 0.25) is 0 Å². The van der Waals surface area contributed by atoms with Crippen LogP contribution in [0.25, 0.3) is 0 Å². The first-order valence-electron chi connectivity index (χ1n) is 9.54. The summed E-state index contributed by atoms with van der Waals surface area (Å²) in [6, 6.07) is 0.715. The number of nitrogens with one attached hydrogen (secondary N) is 1. The molecule has 0 radical (unpaired) electrons. The highest BCUT2D eigenvalue weighted by Crippen LogP contribution is 2.44. The van der Waals surface area contributed by atoms with E-state index >= 15 is 0 Å². The fourth-order valence-electron chi connectivity index (χ4n) is 4.09. The Hall–Kier alpha value is -0.0800. The molecule has 1 saturated carbocycles. The molecule has 0 amide bonds. The van der Waals surface area contributed by atoms with Crippen LogP contribution >= 0.6 is 0 Å². The van der Waals surface area contributed by atoms with Gasteiger partial charge in [0, 0.05) is 24.7 Å². The molecule has 2 unspecified atom stereocenters. The Morgan fingerprint density at radius 1 is 1.14 bits per heavy atom. The third-order valence-corrected chi connectivity index (χ3v) is 5.66. The summed E-state index contributed by atoms with van der Waals surface area (Å²) in [7, 11) is 0. The lowest BCUT2D eigenvalue weighted by Gasteiger charge is -2.49. The number of nitrogens with zero attached hydrogens (tertiary/aromatic N) is 1. The van der Waals surface area contributed by atoms with Crippen LogP contribution in [-0.2, 0) is 0 Å². The van der Waals surface area contributed by atoms with Crippen LogP contribution in [0.1, 0.15) is 79.1 Å². The molecule has 1 heterocycles. The van der Waals surface area contributed by atoms with Crippen LogP contribution in [0.15, 0.2) is 0 Å². The van der Waals surface area contributed by atoms with E-state index in [2.05, 4.69) is 37.9 Å². The van der Waals surface area contributed by atoms with Gasteiger partial charge in [-0.3, -0.25) is 4.90 Å². The van der Waals surface area contributed by atoms with Crippen molar-refractivity contribution in [1.82, 2.24) is 10.2 Å². The number of rotatable bonds is 9. The van der Waals surface area contributed by atoms with Gasteiger partial charge in [0.15, 0.2) is 0 Å². The molecule has 1 aliphatic carbocycles. The fourth-order valence-corrected chi connectivity index (χ4v) is 4.09. The van der Waals surface area contributed by atoms with E-state index in [4.69, 9.17) is 0 Å². The van der Waals surface area contributed by atoms with E-state index in [0.29, 0.717) is 11.6 Å². The molecule has 2 nitrogen and oxygen atoms in total. The molecule has 1 aliphatic heterocycles. The van der Waals surface area contributed by atoms with Gasteiger partial charge in [0.1, 0.15) is 0 Å². The maximum Gasteiger partial charge on any atom is 0.0334 e. The molecule has 1 saturated heterocycles. The van der Waals surface area contributed by atoms with Crippen LogP contribution in [0.5, 0.6) is 0 Å². The zero-order chi connectivity index (χ0) is 15.3. The van der Waals surface area contributed by atoms with E-state index in [0.717, 1.165) is 11.8 Å². The van der Waals surface area contributed by atoms with Crippen molar-refractivity contribution in [3.8, 4) is 0 Å². The lowest BCUT2D eigenvalue weighted by Crippen LogP contribution is -2.64. The Balaban J connectivity index is 1.84. The summed E-state index contributed by atoms with van der Waals surface area (Å²) in [5, 5.41) is 3.86. The van der Waals surface area contributed by atoms with Gasteiger partial charge in [0.25, 0.3) is 0 Å². The Labute approximate surface area is 133 Å². The smallest absolute Gasteiger partial charge is 0.0334 e. The molecular formula is C19H38N2. The molecule has 21 heavy (non-hydrogen) atoms. The molecule has 2 atom stereocenters. The molecule has 0 aromatic rings. The largest absolute Gasteiger partial charge is 0.311 e. The van der Waals surface area contributed by atoms with Crippen molar-refractivity contribution in [2.45, 2.75) is 90.6 Å². The van der Waals surface area contributed by atoms with Gasteiger partial charge in [-0.2, -0.15) is 0 Å². The lowest BCUT2D eigenvalue weighted by atomic mass is 9.87. The minimum atomic E-state index is 0.443. The molecule has 124 valence electrons. The van der Waals surface area contributed by atoms with Crippen LogP contribution in [0.4, 0.5) is 0 Å². The number of hydrogen-bond donors (Lipinski definition) is 1. The third kappa shape index (κ3) is 4.96. The highest BCUT2D eigenvalue weighted by Gasteiger charge is 2.47. The van der Waals surface area contributed by atoms with Gasteiger partial charge >= 0.3 is 0 Å². The average molecular weight is 295 g/mol. The van der Waals surface area contributed by atoms with Crippen LogP contribution in [-0.4, -0.2) is 36.1 Å². The van der Waals surface area contributed by atoms with E-state index in [1.807, 2.05) is 0 Å². The number of piperazine rings is 1. The van der Waals surface area contributed by atoms with Crippen molar-refractivity contribution in [2.24, 2.45) is 11.8 Å². The van der Waals surface area contributed by atoms with E-state index in [-0.39, 0.29) is 0 Å². The Bertz CT molecular complexity index is 298. The van der Waals surface area contributed by atoms with Gasteiger partial charge in [0.05, 0.1) is 0 Å². The van der Waals surface area contributed by atoms with Gasteiger partial charge in [-0.15, -0.1) is 0 Å². The standard InChI is InChI=1S/C19H38N2/c1-5-6-7-8-9-12-21-14-18(13-16(2)3)20-15-19(21,4)17-10-11-17/h16-18,20H,5-15H2,1-4H3. The molecule has 2 fully saturated rings. The highest BCUT2D eigenvalue weighted by molar-refractivity contribution is 5.04. The maximum absolute atomic E-state index is 3.86. The Kier molecular flexibility index (Phi) is 6.55. The topological polar surface area (TPSA) is 15.3 Å². The summed E-state index contributed by atoms with van der Waals surface area (Å²) in [5.74, 6) is 1.76. The molecule has 0 bridgehead atoms. The number of unbranched alkanes of at least 4 members (excludes halogenated alkanes) is 4. The van der Waals surface area contributed by atoms with Gasteiger partial charge < -0.3 is 5.32 Å². The minimum absolute atomic E-state index is 0.443. The second-order valence-electron chi connectivity index (χ2n) is 8.20. The highest BCUT2D eigenvalue weighted by atomic mass is 15.3. The molecule has 2 rings (SSSR count). The number of hydrogen-bond acceptors (Lipinski definition) is 2. The third-order valence-electron chi connectivity index (χ3n) is 5.66. The SMILES string of the molecule is CCCCCCCN1CC(CC(C)C)NCC1(C)C1CC1. The first-order chi connectivity index (χ1) is 10.1. The summed E-state index contributed by atoms with van der Waals surface area (Å²) >= 11 is 0. The Morgan fingerprint density at radius 2 is 1.86 bits per heavy atom. The molecule has 0 aromatic heterocycles. The molecule has 2 aliphatic rings. The van der Waals surface area contributed by atoms with Gasteiger partial charge in [-0.1, -0.05) is 46.5 Å². The van der Waals surface area contributed by atoms with Crippen LogP contribution in [0, 0.1) is 11.8 Å². The van der Waals surface area contributed by atoms with E-state index < -0.39 is 0 Å². The van der Waals surface area contributed by atoms with Crippen molar-refractivity contribution >= 4 is 0 Å². The van der Waals surface area contributed by atoms with Crippen LogP contribution in [0.3, 0.4) is 0 Å². The first kappa shape index (κ1) is 17.3. The summed E-state index contributed by atoms with van der Waals surface area (Å²) in [6.07, 6.45) is 11.3. The van der Waals surface area contributed by atoms with Crippen LogP contribution < -0.4 is 5.32 Å². The first-order valence-corrected chi connectivity index (χ1v) is 9.54. The minimum Gasteiger partial charge on any atom is -0.311 e. The predicted octanol–water partition coefficient (Wildman–Crippen LogP) is 4.45. The maximum atomic E-state index is 3.86. The quantitative estimate of drug-likeness (QED) is 0.632. The van der Waals surface area contributed by atoms with Crippen molar-refractivity contribution < 1.29 is 0 Å². The lowest BCUT2D eigenvalue weighted by molar-refractivity contribution is 0.0294. The zero-order valence-corrected chi connectivity index (χ0v) is 15.0. The average Bonchev–Trinajstić information content (AvgIpc) is 3.26. The van der Waals surface area contributed by atoms with Crippen molar-refractivity contribution in [2.75, 3.05) is 19.6 Å². The predicted molar refractivity (Wildman–Crippen MR) is 92.7 cm³/mol. The summed E-state index contributed by atoms with van der Waals surface area (Å²) < 4.78 is 0. The second-order valence-corrected chi connectivity index (χ2v) is 8.20. The Morgan fingerprint density at radius 3 is 2.48 bits per heavy atom. The summed E-state index contributed by atoms with van der Waals surface area (Å²) in [6.45, 7) is 13.3. The summed E-state index contributed by atoms with van der Waals surface area (Å²) in [4.78, 5) is 2.86. The van der Waals surface area contributed by atoms with E-state index in [1.54, 1.807) is 0 Å². The molecular weight excluding hydrogens is 256 g/mol. The van der Waals surface area contributed by atoms with E-state index in [1.165, 1.54) is 71.0 Å². The molecule has 0 spiro atoms. The molecule has 0 aromatic carbocycles. The van der Waals surface area contributed by atoms with Gasteiger partial charge in [-0.05, 0) is 51.0 Å². The van der Waals surface area contributed by atoms with Gasteiger partial charge in [-0.25, -0.2) is 0 Å². The zero-order valence-electron chi connectivity index (χ0n) is 15.0. The monoisotopic (exact) mass is 294 g/mol. The van der Waals surface area contributed by atoms with Crippen molar-refractivity contribution in [3.05, 3.63) is 0 Å². The fraction of sp³-hybridized carbons (Fsp3) is 1.00.